The van der Waals surface area contributed by atoms with Crippen molar-refractivity contribution in [3.63, 3.8) is 0 Å². The number of nitrogens with zero attached hydrogens (tertiary/aromatic N) is 4. The van der Waals surface area contributed by atoms with Gasteiger partial charge in [0, 0.05) is 22.7 Å². The van der Waals surface area contributed by atoms with Gasteiger partial charge in [-0.05, 0) is 25.5 Å². The number of terminal acetylenes is 1. The Hall–Kier alpha value is -2.46. The molecule has 0 saturated heterocycles. The topological polar surface area (TPSA) is 68.1 Å². The zero-order valence-corrected chi connectivity index (χ0v) is 15.5. The third-order valence-electron chi connectivity index (χ3n) is 3.84. The van der Waals surface area contributed by atoms with Gasteiger partial charge in [0.2, 0.25) is 5.91 Å². The number of aryl methyl sites for hydroxylation is 1. The number of amides is 1. The molecule has 2 rings (SSSR count). The standard InChI is InChI=1S/C18H22N4O2S/c1-5-11-21(18(23)17(6-2)25(24)7-3)16-13-22(20-14(16)4)15-9-8-10-19-12-15/h1,8-10,12-13,17H,6-7,11H2,2-4H3. The maximum atomic E-state index is 13.0. The molecule has 0 aliphatic rings. The second-order valence-corrected chi connectivity index (χ2v) is 7.36. The number of carbonyl (C=O) groups excluding carboxylic acids is 1. The van der Waals surface area contributed by atoms with Gasteiger partial charge < -0.3 is 0 Å². The Morgan fingerprint density at radius 1 is 1.48 bits per heavy atom. The first-order valence-electron chi connectivity index (χ1n) is 8.12. The van der Waals surface area contributed by atoms with Crippen molar-refractivity contribution in [2.45, 2.75) is 32.4 Å². The van der Waals surface area contributed by atoms with E-state index in [4.69, 9.17) is 6.42 Å². The highest BCUT2D eigenvalue weighted by Crippen LogP contribution is 2.23. The molecular weight excluding hydrogens is 336 g/mol. The summed E-state index contributed by atoms with van der Waals surface area (Å²) in [6.45, 7) is 5.59. The summed E-state index contributed by atoms with van der Waals surface area (Å²) in [7, 11) is -1.23. The first kappa shape index (κ1) is 18.9. The van der Waals surface area contributed by atoms with E-state index in [1.165, 1.54) is 4.90 Å². The van der Waals surface area contributed by atoms with Crippen LogP contribution in [0.4, 0.5) is 5.69 Å². The highest BCUT2D eigenvalue weighted by Gasteiger charge is 2.29. The summed E-state index contributed by atoms with van der Waals surface area (Å²) in [5.74, 6) is 2.72. The Morgan fingerprint density at radius 2 is 2.24 bits per heavy atom. The van der Waals surface area contributed by atoms with Gasteiger partial charge in [-0.1, -0.05) is 19.8 Å². The molecular formula is C18H22N4O2S. The molecule has 2 unspecified atom stereocenters. The van der Waals surface area contributed by atoms with Gasteiger partial charge in [-0.25, -0.2) is 4.68 Å². The number of hydrogen-bond acceptors (Lipinski definition) is 4. The van der Waals surface area contributed by atoms with Crippen LogP contribution in [0.1, 0.15) is 26.0 Å². The Bertz CT molecular complexity index is 795. The lowest BCUT2D eigenvalue weighted by molar-refractivity contribution is -0.118. The van der Waals surface area contributed by atoms with E-state index in [0.29, 0.717) is 23.6 Å². The van der Waals surface area contributed by atoms with Crippen molar-refractivity contribution < 1.29 is 9.00 Å². The molecule has 0 aromatic carbocycles. The molecule has 2 aromatic heterocycles. The highest BCUT2D eigenvalue weighted by atomic mass is 32.2. The highest BCUT2D eigenvalue weighted by molar-refractivity contribution is 7.86. The molecule has 2 aromatic rings. The first-order valence-corrected chi connectivity index (χ1v) is 9.50. The van der Waals surface area contributed by atoms with E-state index in [2.05, 4.69) is 16.0 Å². The van der Waals surface area contributed by atoms with Crippen LogP contribution < -0.4 is 4.90 Å². The van der Waals surface area contributed by atoms with Crippen LogP contribution in [0.2, 0.25) is 0 Å². The van der Waals surface area contributed by atoms with Crippen molar-refractivity contribution in [1.82, 2.24) is 14.8 Å². The maximum Gasteiger partial charge on any atom is 0.243 e. The number of pyridine rings is 1. The summed E-state index contributed by atoms with van der Waals surface area (Å²) in [6.07, 6.45) is 11.1. The van der Waals surface area contributed by atoms with E-state index >= 15 is 0 Å². The molecule has 0 N–H and O–H groups in total. The normalized spacial score (nSPS) is 13.0. The smallest absolute Gasteiger partial charge is 0.243 e. The van der Waals surface area contributed by atoms with Crippen LogP contribution >= 0.6 is 0 Å². The van der Waals surface area contributed by atoms with Crippen molar-refractivity contribution in [1.29, 1.82) is 0 Å². The lowest BCUT2D eigenvalue weighted by Crippen LogP contribution is -2.42. The summed E-state index contributed by atoms with van der Waals surface area (Å²) in [4.78, 5) is 18.5. The monoisotopic (exact) mass is 358 g/mol. The predicted octanol–water partition coefficient (Wildman–Crippen LogP) is 2.09. The minimum absolute atomic E-state index is 0.107. The fourth-order valence-electron chi connectivity index (χ4n) is 2.56. The predicted molar refractivity (Wildman–Crippen MR) is 100 cm³/mol. The maximum absolute atomic E-state index is 13.0. The van der Waals surface area contributed by atoms with Crippen LogP contribution in [0.3, 0.4) is 0 Å². The van der Waals surface area contributed by atoms with Gasteiger partial charge in [0.15, 0.2) is 0 Å². The van der Waals surface area contributed by atoms with Gasteiger partial charge in [0.05, 0.1) is 36.0 Å². The first-order chi connectivity index (χ1) is 12.0. The van der Waals surface area contributed by atoms with E-state index < -0.39 is 16.0 Å². The van der Waals surface area contributed by atoms with Gasteiger partial charge in [-0.2, -0.15) is 5.10 Å². The molecule has 7 heteroatoms. The number of aromatic nitrogens is 3. The second-order valence-electron chi connectivity index (χ2n) is 5.45. The van der Waals surface area contributed by atoms with Crippen LogP contribution in [0.15, 0.2) is 30.7 Å². The molecule has 132 valence electrons. The molecule has 0 radical (unpaired) electrons. The fraction of sp³-hybridized carbons (Fsp3) is 0.389. The van der Waals surface area contributed by atoms with Crippen molar-refractivity contribution in [2.75, 3.05) is 17.2 Å². The molecule has 2 heterocycles. The lowest BCUT2D eigenvalue weighted by atomic mass is 10.2. The largest absolute Gasteiger partial charge is 0.296 e. The molecule has 0 aliphatic heterocycles. The SMILES string of the molecule is C#CCN(C(=O)C(CC)S(=O)CC)c1cn(-c2cccnc2)nc1C. The Labute approximate surface area is 150 Å². The molecule has 1 amide bonds. The van der Waals surface area contributed by atoms with Crippen LogP contribution in [0.25, 0.3) is 5.69 Å². The summed E-state index contributed by atoms with van der Waals surface area (Å²) < 4.78 is 13.9. The third-order valence-corrected chi connectivity index (χ3v) is 5.58. The molecule has 0 aliphatic carbocycles. The van der Waals surface area contributed by atoms with Gasteiger partial charge in [0.25, 0.3) is 0 Å². The van der Waals surface area contributed by atoms with Crippen LogP contribution in [-0.4, -0.2) is 42.4 Å². The van der Waals surface area contributed by atoms with Crippen LogP contribution in [-0.2, 0) is 15.6 Å². The average molecular weight is 358 g/mol. The molecule has 0 spiro atoms. The van der Waals surface area contributed by atoms with Gasteiger partial charge in [0.1, 0.15) is 5.25 Å². The number of hydrogen-bond donors (Lipinski definition) is 0. The summed E-state index contributed by atoms with van der Waals surface area (Å²) in [5, 5.41) is 3.89. The molecule has 6 nitrogen and oxygen atoms in total. The quantitative estimate of drug-likeness (QED) is 0.711. The second kappa shape index (κ2) is 8.58. The van der Waals surface area contributed by atoms with E-state index in [1.807, 2.05) is 32.9 Å². The molecule has 0 fully saturated rings. The van der Waals surface area contributed by atoms with Crippen molar-refractivity contribution in [2.24, 2.45) is 0 Å². The zero-order valence-electron chi connectivity index (χ0n) is 14.7. The zero-order chi connectivity index (χ0) is 18.4. The Morgan fingerprint density at radius 3 is 2.80 bits per heavy atom. The number of anilines is 1. The molecule has 0 saturated carbocycles. The molecule has 25 heavy (non-hydrogen) atoms. The summed E-state index contributed by atoms with van der Waals surface area (Å²) >= 11 is 0. The average Bonchev–Trinajstić information content (AvgIpc) is 3.02. The van der Waals surface area contributed by atoms with Crippen LogP contribution in [0, 0.1) is 19.3 Å². The lowest BCUT2D eigenvalue weighted by Gasteiger charge is -2.24. The molecule has 0 bridgehead atoms. The van der Waals surface area contributed by atoms with Gasteiger partial charge in [-0.15, -0.1) is 6.42 Å². The van der Waals surface area contributed by atoms with E-state index in [-0.39, 0.29) is 12.5 Å². The summed E-state index contributed by atoms with van der Waals surface area (Å²) in [5.41, 5.74) is 2.08. The van der Waals surface area contributed by atoms with Crippen molar-refractivity contribution in [3.05, 3.63) is 36.4 Å². The summed E-state index contributed by atoms with van der Waals surface area (Å²) in [6, 6.07) is 3.69. The number of rotatable bonds is 7. The van der Waals surface area contributed by atoms with E-state index in [0.717, 1.165) is 5.69 Å². The van der Waals surface area contributed by atoms with Gasteiger partial charge in [-0.3, -0.25) is 18.9 Å². The van der Waals surface area contributed by atoms with Gasteiger partial charge >= 0.3 is 0 Å². The Kier molecular flexibility index (Phi) is 6.48. The van der Waals surface area contributed by atoms with E-state index in [9.17, 15) is 9.00 Å². The minimum atomic E-state index is -1.23. The van der Waals surface area contributed by atoms with Crippen LogP contribution in [0.5, 0.6) is 0 Å². The number of carbonyl (C=O) groups is 1. The minimum Gasteiger partial charge on any atom is -0.296 e. The molecule has 2 atom stereocenters. The van der Waals surface area contributed by atoms with Crippen molar-refractivity contribution in [3.8, 4) is 18.0 Å². The fourth-order valence-corrected chi connectivity index (χ4v) is 3.68. The van der Waals surface area contributed by atoms with Crippen molar-refractivity contribution >= 4 is 22.4 Å². The third kappa shape index (κ3) is 4.15. The Balaban J connectivity index is 2.41. The van der Waals surface area contributed by atoms with E-state index in [1.54, 1.807) is 23.3 Å².